The summed E-state index contributed by atoms with van der Waals surface area (Å²) < 4.78 is 1.50. The molecular weight excluding hydrogens is 471 g/mol. The molecule has 0 spiro atoms. The molecule has 1 heterocycles. The minimum absolute atomic E-state index is 0. The third-order valence-corrected chi connectivity index (χ3v) is 5.91. The summed E-state index contributed by atoms with van der Waals surface area (Å²) in [6.07, 6.45) is 6.57. The molecule has 2 aromatic carbocycles. The van der Waals surface area contributed by atoms with Crippen LogP contribution in [0.1, 0.15) is 99.6 Å². The van der Waals surface area contributed by atoms with Gasteiger partial charge in [-0.05, 0) is 77.6 Å². The quantitative estimate of drug-likeness (QED) is 0.189. The van der Waals surface area contributed by atoms with Gasteiger partial charge in [-0.15, -0.1) is 0 Å². The number of hydrogen-bond donors (Lipinski definition) is 0. The number of aryl methyl sites for hydroxylation is 4. The molecule has 3 heteroatoms. The normalized spacial score (nSPS) is 12.6. The summed E-state index contributed by atoms with van der Waals surface area (Å²) in [7, 11) is 0. The predicted octanol–water partition coefficient (Wildman–Crippen LogP) is 10.1. The minimum atomic E-state index is 0. The second-order valence-corrected chi connectivity index (χ2v) is 8.93. The van der Waals surface area contributed by atoms with Gasteiger partial charge in [0.05, 0.1) is 0 Å². The maximum Gasteiger partial charge on any atom is 2.00 e. The van der Waals surface area contributed by atoms with Gasteiger partial charge in [-0.3, -0.25) is 0 Å². The summed E-state index contributed by atoms with van der Waals surface area (Å²) in [4.78, 5) is 0. The summed E-state index contributed by atoms with van der Waals surface area (Å²) in [6, 6.07) is 13.2. The molecule has 0 atom stereocenters. The van der Waals surface area contributed by atoms with Gasteiger partial charge in [0.1, 0.15) is 0 Å². The first-order chi connectivity index (χ1) is 16.3. The zero-order chi connectivity index (χ0) is 25.8. The van der Waals surface area contributed by atoms with E-state index in [-0.39, 0.29) is 16.5 Å². The van der Waals surface area contributed by atoms with Gasteiger partial charge in [0.2, 0.25) is 11.4 Å². The molecule has 0 saturated heterocycles. The van der Waals surface area contributed by atoms with Gasteiger partial charge in [0.15, 0.2) is 0 Å². The zero-order valence-electron chi connectivity index (χ0n) is 23.3. The topological polar surface area (TPSA) is 25.3 Å². The largest absolute Gasteiger partial charge is 2.00 e. The van der Waals surface area contributed by atoms with Crippen LogP contribution in [0, 0.1) is 41.5 Å². The van der Waals surface area contributed by atoms with Crippen LogP contribution >= 0.6 is 0 Å². The standard InChI is InChI=1S/C28H36N2.2C2H5.Ni/c1-7-9-11-25-26(12-10-8-2)28(24-17-21(5)14-22(6)18-24)30(29)27(25)23-15-19(3)13-20(4)16-23;2*1-2;/h13-18H,7-12H2,1-6H3;2*1H2,2H3;/q;2*-1;+2. The van der Waals surface area contributed by atoms with Crippen molar-refractivity contribution in [2.45, 2.75) is 93.9 Å². The van der Waals surface area contributed by atoms with Crippen molar-refractivity contribution in [2.75, 3.05) is 0 Å². The Morgan fingerprint density at radius 3 is 1.14 bits per heavy atom. The van der Waals surface area contributed by atoms with Crippen molar-refractivity contribution in [3.05, 3.63) is 100 Å². The molecule has 0 fully saturated rings. The van der Waals surface area contributed by atoms with Gasteiger partial charge < -0.3 is 19.4 Å². The van der Waals surface area contributed by atoms with Crippen molar-refractivity contribution in [1.29, 1.82) is 0 Å². The number of unbranched alkanes of at least 4 members (excludes halogenated alkanes) is 2. The van der Waals surface area contributed by atoms with E-state index in [4.69, 9.17) is 0 Å². The summed E-state index contributed by atoms with van der Waals surface area (Å²) in [5, 5.41) is 0. The van der Waals surface area contributed by atoms with Crippen LogP contribution in [0.15, 0.2) is 47.5 Å². The fourth-order valence-electron chi connectivity index (χ4n) is 4.71. The smallest absolute Gasteiger partial charge is 0.493 e. The van der Waals surface area contributed by atoms with Crippen molar-refractivity contribution >= 4 is 11.4 Å². The third-order valence-electron chi connectivity index (χ3n) is 5.91. The van der Waals surface area contributed by atoms with E-state index in [9.17, 15) is 5.53 Å². The van der Waals surface area contributed by atoms with Crippen molar-refractivity contribution in [3.63, 3.8) is 0 Å². The van der Waals surface area contributed by atoms with Gasteiger partial charge in [0, 0.05) is 22.3 Å². The fourth-order valence-corrected chi connectivity index (χ4v) is 4.71. The van der Waals surface area contributed by atoms with Crippen molar-refractivity contribution < 1.29 is 21.2 Å². The van der Waals surface area contributed by atoms with Crippen LogP contribution in [0.5, 0.6) is 0 Å². The Hall–Kier alpha value is -1.99. The van der Waals surface area contributed by atoms with Crippen molar-refractivity contribution in [2.24, 2.45) is 0 Å². The maximum atomic E-state index is 11.6. The minimum Gasteiger partial charge on any atom is -0.493 e. The average Bonchev–Trinajstić information content (AvgIpc) is 3.08. The molecule has 1 aliphatic heterocycles. The van der Waals surface area contributed by atoms with Crippen LogP contribution in [-0.2, 0) is 16.5 Å². The molecule has 0 unspecified atom stereocenters. The van der Waals surface area contributed by atoms with Crippen LogP contribution in [0.25, 0.3) is 16.9 Å². The van der Waals surface area contributed by atoms with E-state index in [0.717, 1.165) is 61.0 Å². The Morgan fingerprint density at radius 1 is 0.600 bits per heavy atom. The molecule has 0 N–H and O–H groups in total. The fraction of sp³-hybridized carbons (Fsp3) is 0.438. The van der Waals surface area contributed by atoms with E-state index >= 15 is 0 Å². The second-order valence-electron chi connectivity index (χ2n) is 8.93. The Morgan fingerprint density at radius 2 is 0.886 bits per heavy atom. The molecule has 194 valence electrons. The molecule has 0 bridgehead atoms. The zero-order valence-corrected chi connectivity index (χ0v) is 24.3. The predicted molar refractivity (Wildman–Crippen MR) is 150 cm³/mol. The van der Waals surface area contributed by atoms with Gasteiger partial charge in [-0.1, -0.05) is 61.1 Å². The molecule has 0 amide bonds. The first-order valence-corrected chi connectivity index (χ1v) is 12.9. The Balaban J connectivity index is 0.00000220. The van der Waals surface area contributed by atoms with Crippen LogP contribution in [0.3, 0.4) is 0 Å². The molecular formula is C32H46N2Ni. The summed E-state index contributed by atoms with van der Waals surface area (Å²) in [5.74, 6) is 0. The maximum absolute atomic E-state index is 11.6. The molecule has 1 aliphatic rings. The molecule has 2 nitrogen and oxygen atoms in total. The number of benzene rings is 2. The molecule has 0 aromatic heterocycles. The van der Waals surface area contributed by atoms with E-state index < -0.39 is 0 Å². The molecule has 0 aliphatic carbocycles. The number of rotatable bonds is 8. The molecule has 3 rings (SSSR count). The van der Waals surface area contributed by atoms with E-state index in [1.807, 2.05) is 0 Å². The van der Waals surface area contributed by atoms with Crippen molar-refractivity contribution in [3.8, 4) is 0 Å². The van der Waals surface area contributed by atoms with Gasteiger partial charge in [-0.2, -0.15) is 13.8 Å². The van der Waals surface area contributed by atoms with E-state index in [0.29, 0.717) is 0 Å². The molecule has 35 heavy (non-hydrogen) atoms. The number of nitrogens with zero attached hydrogens (tertiary/aromatic N) is 2. The van der Waals surface area contributed by atoms with Gasteiger partial charge in [-0.25, -0.2) is 4.70 Å². The van der Waals surface area contributed by atoms with E-state index in [1.165, 1.54) is 38.1 Å². The SMILES string of the molecule is CCCCC1=C(c2cc(C)cc(C)c2)[N+](=[N-])C(c2cc(C)cc(C)c2)=C1CCCC.[CH2-]C.[CH2-]C.[Ni+2]. The number of hydrogen-bond acceptors (Lipinski definition) is 0. The van der Waals surface area contributed by atoms with E-state index in [2.05, 4.69) is 91.8 Å². The van der Waals surface area contributed by atoms with Crippen LogP contribution < -0.4 is 0 Å². The number of allylic oxidation sites excluding steroid dienone is 2. The summed E-state index contributed by atoms with van der Waals surface area (Å²) in [6.45, 7) is 23.0. The van der Waals surface area contributed by atoms with Crippen LogP contribution in [0.4, 0.5) is 0 Å². The Labute approximate surface area is 226 Å². The van der Waals surface area contributed by atoms with Crippen LogP contribution in [-0.4, -0.2) is 4.70 Å². The Kier molecular flexibility index (Phi) is 15.7. The average molecular weight is 517 g/mol. The first kappa shape index (κ1) is 33.0. The molecule has 0 saturated carbocycles. The molecule has 0 radical (unpaired) electrons. The Bertz CT molecular complexity index is 906. The van der Waals surface area contributed by atoms with Crippen LogP contribution in [0.2, 0.25) is 0 Å². The third kappa shape index (κ3) is 8.57. The summed E-state index contributed by atoms with van der Waals surface area (Å²) >= 11 is 0. The summed E-state index contributed by atoms with van der Waals surface area (Å²) in [5.41, 5.74) is 23.4. The second kappa shape index (κ2) is 16.6. The van der Waals surface area contributed by atoms with Gasteiger partial charge in [0.25, 0.3) is 0 Å². The first-order valence-electron chi connectivity index (χ1n) is 12.9. The molecule has 2 aromatic rings. The monoisotopic (exact) mass is 516 g/mol. The van der Waals surface area contributed by atoms with E-state index in [1.54, 1.807) is 13.8 Å². The van der Waals surface area contributed by atoms with Crippen molar-refractivity contribution in [1.82, 2.24) is 0 Å². The van der Waals surface area contributed by atoms with Gasteiger partial charge >= 0.3 is 16.5 Å².